The van der Waals surface area contributed by atoms with E-state index in [0.717, 1.165) is 11.6 Å². The van der Waals surface area contributed by atoms with Crippen LogP contribution in [0.5, 0.6) is 0 Å². The summed E-state index contributed by atoms with van der Waals surface area (Å²) in [7, 11) is 0. The van der Waals surface area contributed by atoms with Crippen molar-refractivity contribution >= 4 is 17.3 Å². The van der Waals surface area contributed by atoms with E-state index in [1.165, 1.54) is 6.07 Å². The van der Waals surface area contributed by atoms with Crippen LogP contribution in [-0.4, -0.2) is 11.6 Å². The van der Waals surface area contributed by atoms with E-state index in [1.54, 1.807) is 32.0 Å². The number of benzene rings is 2. The SMILES string of the molecule is CC.CC.CCc1ccc(C(C)=N)c(NC(=O)c2c(C(C)CC)cccc2C(F)(F)F)c1. The first-order chi connectivity index (χ1) is 15.1. The van der Waals surface area contributed by atoms with E-state index in [2.05, 4.69) is 5.32 Å². The Bertz CT molecular complexity index is 889. The van der Waals surface area contributed by atoms with Crippen molar-refractivity contribution in [3.05, 3.63) is 64.2 Å². The quantitative estimate of drug-likeness (QED) is 0.426. The number of alkyl halides is 3. The minimum absolute atomic E-state index is 0.200. The molecule has 2 rings (SSSR count). The summed E-state index contributed by atoms with van der Waals surface area (Å²) < 4.78 is 40.8. The van der Waals surface area contributed by atoms with Gasteiger partial charge in [-0.3, -0.25) is 4.79 Å². The molecule has 1 unspecified atom stereocenters. The number of carbonyl (C=O) groups excluding carboxylic acids is 1. The summed E-state index contributed by atoms with van der Waals surface area (Å²) in [6.07, 6.45) is -3.32. The Morgan fingerprint density at radius 1 is 1.06 bits per heavy atom. The average molecular weight is 451 g/mol. The van der Waals surface area contributed by atoms with Crippen LogP contribution in [0.1, 0.15) is 100 Å². The molecule has 0 saturated carbocycles. The molecule has 178 valence electrons. The van der Waals surface area contributed by atoms with E-state index in [0.29, 0.717) is 29.7 Å². The van der Waals surface area contributed by atoms with Crippen LogP contribution in [0.25, 0.3) is 0 Å². The van der Waals surface area contributed by atoms with E-state index in [1.807, 2.05) is 47.6 Å². The minimum atomic E-state index is -4.64. The minimum Gasteiger partial charge on any atom is -0.321 e. The highest BCUT2D eigenvalue weighted by atomic mass is 19.4. The van der Waals surface area contributed by atoms with Crippen LogP contribution in [0.15, 0.2) is 36.4 Å². The molecule has 0 aliphatic rings. The van der Waals surface area contributed by atoms with Crippen molar-refractivity contribution in [2.75, 3.05) is 5.32 Å². The number of aryl methyl sites for hydroxylation is 1. The van der Waals surface area contributed by atoms with Crippen LogP contribution in [0.2, 0.25) is 0 Å². The summed E-state index contributed by atoms with van der Waals surface area (Å²) in [5.41, 5.74) is 1.07. The molecule has 0 saturated heterocycles. The molecule has 0 aromatic heterocycles. The molecule has 0 bridgehead atoms. The summed E-state index contributed by atoms with van der Waals surface area (Å²) in [5, 5.41) is 10.5. The molecule has 2 aromatic rings. The number of anilines is 1. The number of hydrogen-bond acceptors (Lipinski definition) is 2. The smallest absolute Gasteiger partial charge is 0.321 e. The Morgan fingerprint density at radius 3 is 2.12 bits per heavy atom. The fourth-order valence-corrected chi connectivity index (χ4v) is 3.12. The zero-order valence-electron chi connectivity index (χ0n) is 20.5. The van der Waals surface area contributed by atoms with Gasteiger partial charge in [0.05, 0.1) is 16.8 Å². The van der Waals surface area contributed by atoms with E-state index in [4.69, 9.17) is 5.41 Å². The number of carbonyl (C=O) groups is 1. The Kier molecular flexibility index (Phi) is 12.6. The van der Waals surface area contributed by atoms with Crippen molar-refractivity contribution in [3.63, 3.8) is 0 Å². The normalized spacial score (nSPS) is 11.3. The lowest BCUT2D eigenvalue weighted by atomic mass is 9.89. The average Bonchev–Trinajstić information content (AvgIpc) is 2.79. The van der Waals surface area contributed by atoms with Gasteiger partial charge in [-0.25, -0.2) is 0 Å². The second-order valence-electron chi connectivity index (χ2n) is 6.89. The lowest BCUT2D eigenvalue weighted by Crippen LogP contribution is -2.22. The summed E-state index contributed by atoms with van der Waals surface area (Å²) in [6.45, 7) is 15.2. The third-order valence-electron chi connectivity index (χ3n) is 4.92. The lowest BCUT2D eigenvalue weighted by molar-refractivity contribution is -0.138. The monoisotopic (exact) mass is 450 g/mol. The maximum Gasteiger partial charge on any atom is 0.417 e. The van der Waals surface area contributed by atoms with Crippen LogP contribution in [-0.2, 0) is 12.6 Å². The third kappa shape index (κ3) is 7.50. The summed E-state index contributed by atoms with van der Waals surface area (Å²) >= 11 is 0. The van der Waals surface area contributed by atoms with Crippen molar-refractivity contribution < 1.29 is 18.0 Å². The molecule has 0 aliphatic heterocycles. The molecule has 0 heterocycles. The van der Waals surface area contributed by atoms with Gasteiger partial charge in [0.2, 0.25) is 0 Å². The van der Waals surface area contributed by atoms with Gasteiger partial charge in [-0.1, -0.05) is 72.7 Å². The fraction of sp³-hybridized carbons (Fsp3) is 0.462. The number of halogens is 3. The highest BCUT2D eigenvalue weighted by Crippen LogP contribution is 2.36. The molecular weight excluding hydrogens is 413 g/mol. The lowest BCUT2D eigenvalue weighted by Gasteiger charge is -2.20. The molecule has 1 amide bonds. The molecule has 1 atom stereocenters. The summed E-state index contributed by atoms with van der Waals surface area (Å²) in [6, 6.07) is 9.12. The van der Waals surface area contributed by atoms with Crippen molar-refractivity contribution in [1.29, 1.82) is 5.41 Å². The Balaban J connectivity index is 0.00000227. The van der Waals surface area contributed by atoms with E-state index >= 15 is 0 Å². The molecule has 0 radical (unpaired) electrons. The van der Waals surface area contributed by atoms with E-state index < -0.39 is 17.6 Å². The van der Waals surface area contributed by atoms with Crippen molar-refractivity contribution in [2.24, 2.45) is 0 Å². The highest BCUT2D eigenvalue weighted by Gasteiger charge is 2.37. The number of hydrogen-bond donors (Lipinski definition) is 2. The van der Waals surface area contributed by atoms with Crippen LogP contribution in [0.3, 0.4) is 0 Å². The molecule has 0 aliphatic carbocycles. The van der Waals surface area contributed by atoms with Gasteiger partial charge >= 0.3 is 6.18 Å². The Morgan fingerprint density at radius 2 is 1.66 bits per heavy atom. The number of rotatable bonds is 6. The first-order valence-corrected chi connectivity index (χ1v) is 11.3. The fourth-order valence-electron chi connectivity index (χ4n) is 3.12. The van der Waals surface area contributed by atoms with Gasteiger partial charge in [-0.05, 0) is 48.9 Å². The second kappa shape index (κ2) is 13.7. The zero-order chi connectivity index (χ0) is 25.1. The summed E-state index contributed by atoms with van der Waals surface area (Å²) in [5.74, 6) is -1.01. The van der Waals surface area contributed by atoms with Crippen molar-refractivity contribution in [3.8, 4) is 0 Å². The molecule has 2 N–H and O–H groups in total. The third-order valence-corrected chi connectivity index (χ3v) is 4.92. The molecule has 2 aromatic carbocycles. The standard InChI is InChI=1S/C22H25F3N2O.2C2H6/c1-5-13(3)16-8-7-9-18(22(23,24)25)20(16)21(28)27-19-12-15(6-2)10-11-17(19)14(4)26;2*1-2/h7-13,26H,5-6H2,1-4H3,(H,27,28);2*1-2H3. The van der Waals surface area contributed by atoms with Gasteiger partial charge in [0.1, 0.15) is 0 Å². The van der Waals surface area contributed by atoms with Gasteiger partial charge < -0.3 is 10.7 Å². The van der Waals surface area contributed by atoms with Crippen molar-refractivity contribution in [1.82, 2.24) is 0 Å². The van der Waals surface area contributed by atoms with Crippen LogP contribution < -0.4 is 5.32 Å². The molecule has 0 fully saturated rings. The van der Waals surface area contributed by atoms with Crippen LogP contribution in [0, 0.1) is 5.41 Å². The van der Waals surface area contributed by atoms with Gasteiger partial charge in [-0.15, -0.1) is 0 Å². The van der Waals surface area contributed by atoms with E-state index in [9.17, 15) is 18.0 Å². The molecule has 32 heavy (non-hydrogen) atoms. The van der Waals surface area contributed by atoms with Gasteiger partial charge in [0.15, 0.2) is 0 Å². The first kappa shape index (κ1) is 29.4. The van der Waals surface area contributed by atoms with Crippen LogP contribution in [0.4, 0.5) is 18.9 Å². The van der Waals surface area contributed by atoms with Gasteiger partial charge in [-0.2, -0.15) is 13.2 Å². The van der Waals surface area contributed by atoms with Gasteiger partial charge in [0, 0.05) is 11.3 Å². The molecular formula is C26H37F3N2O. The topological polar surface area (TPSA) is 53.0 Å². The Labute approximate surface area is 191 Å². The number of amides is 1. The largest absolute Gasteiger partial charge is 0.417 e. The molecule has 6 heteroatoms. The van der Waals surface area contributed by atoms with Crippen LogP contribution >= 0.6 is 0 Å². The van der Waals surface area contributed by atoms with Gasteiger partial charge in [0.25, 0.3) is 5.91 Å². The highest BCUT2D eigenvalue weighted by molar-refractivity contribution is 6.11. The number of nitrogens with one attached hydrogen (secondary N) is 2. The maximum atomic E-state index is 13.6. The summed E-state index contributed by atoms with van der Waals surface area (Å²) in [4.78, 5) is 13.0. The zero-order valence-corrected chi connectivity index (χ0v) is 20.5. The molecule has 3 nitrogen and oxygen atoms in total. The second-order valence-corrected chi connectivity index (χ2v) is 6.89. The molecule has 0 spiro atoms. The predicted octanol–water partition coefficient (Wildman–Crippen LogP) is 8.47. The first-order valence-electron chi connectivity index (χ1n) is 11.3. The maximum absolute atomic E-state index is 13.6. The Hall–Kier alpha value is -2.63. The van der Waals surface area contributed by atoms with Crippen molar-refractivity contribution in [2.45, 2.75) is 80.3 Å². The predicted molar refractivity (Wildman–Crippen MR) is 129 cm³/mol. The van der Waals surface area contributed by atoms with E-state index in [-0.39, 0.29) is 17.2 Å².